The van der Waals surface area contributed by atoms with Gasteiger partial charge in [0, 0.05) is 22.4 Å². The largest absolute Gasteiger partial charge is 0.295 e. The van der Waals surface area contributed by atoms with E-state index in [1.807, 2.05) is 17.5 Å². The van der Waals surface area contributed by atoms with Gasteiger partial charge in [-0.3, -0.25) is 4.79 Å². The normalized spacial score (nSPS) is 21.2. The van der Waals surface area contributed by atoms with Crippen LogP contribution in [0.3, 0.4) is 0 Å². The Balaban J connectivity index is 1.71. The maximum absolute atomic E-state index is 12.3. The second-order valence-electron chi connectivity index (χ2n) is 5.17. The maximum Gasteiger partial charge on any atom is 0.240 e. The van der Waals surface area contributed by atoms with Crippen LogP contribution in [0.1, 0.15) is 34.5 Å². The Morgan fingerprint density at radius 1 is 1.24 bits per heavy atom. The summed E-state index contributed by atoms with van der Waals surface area (Å²) in [5.41, 5.74) is 0.511. The molecule has 1 saturated carbocycles. The fourth-order valence-corrected chi connectivity index (χ4v) is 4.47. The van der Waals surface area contributed by atoms with Crippen LogP contribution >= 0.6 is 11.3 Å². The van der Waals surface area contributed by atoms with E-state index in [1.54, 1.807) is 23.5 Å². The van der Waals surface area contributed by atoms with Crippen molar-refractivity contribution < 1.29 is 13.2 Å². The molecule has 2 atom stereocenters. The maximum atomic E-state index is 12.3. The van der Waals surface area contributed by atoms with Crippen molar-refractivity contribution in [2.75, 3.05) is 0 Å². The first kappa shape index (κ1) is 14.4. The highest BCUT2D eigenvalue weighted by atomic mass is 32.2. The molecule has 1 aromatic heterocycles. The summed E-state index contributed by atoms with van der Waals surface area (Å²) in [7, 11) is -3.52. The highest BCUT2D eigenvalue weighted by Gasteiger charge is 2.41. The first-order valence-electron chi connectivity index (χ1n) is 6.64. The van der Waals surface area contributed by atoms with Gasteiger partial charge in [-0.05, 0) is 36.9 Å². The van der Waals surface area contributed by atoms with Crippen molar-refractivity contribution in [3.8, 4) is 0 Å². The Labute approximate surface area is 127 Å². The fraction of sp³-hybridized carbons (Fsp3) is 0.267. The monoisotopic (exact) mass is 321 g/mol. The lowest BCUT2D eigenvalue weighted by Gasteiger charge is -2.06. The Morgan fingerprint density at radius 3 is 2.52 bits per heavy atom. The third kappa shape index (κ3) is 3.07. The lowest BCUT2D eigenvalue weighted by molar-refractivity contribution is 0.101. The summed E-state index contributed by atoms with van der Waals surface area (Å²) in [5.74, 6) is 0.211. The van der Waals surface area contributed by atoms with E-state index in [2.05, 4.69) is 4.72 Å². The number of rotatable bonds is 5. The lowest BCUT2D eigenvalue weighted by Crippen LogP contribution is -2.26. The molecule has 1 aliphatic rings. The summed E-state index contributed by atoms with van der Waals surface area (Å²) in [5, 5.41) is 2.00. The highest BCUT2D eigenvalue weighted by Crippen LogP contribution is 2.43. The van der Waals surface area contributed by atoms with Crippen LogP contribution in [0, 0.1) is 0 Å². The molecule has 1 aliphatic carbocycles. The van der Waals surface area contributed by atoms with Crippen LogP contribution < -0.4 is 4.72 Å². The molecule has 1 aromatic carbocycles. The van der Waals surface area contributed by atoms with Gasteiger partial charge in [-0.1, -0.05) is 18.2 Å². The van der Waals surface area contributed by atoms with Crippen LogP contribution in [-0.2, 0) is 10.0 Å². The second-order valence-corrected chi connectivity index (χ2v) is 7.86. The Kier molecular flexibility index (Phi) is 3.69. The molecule has 0 radical (unpaired) electrons. The number of nitrogens with one attached hydrogen (secondary N) is 1. The number of hydrogen-bond acceptors (Lipinski definition) is 4. The van der Waals surface area contributed by atoms with E-state index < -0.39 is 10.0 Å². The molecule has 2 aromatic rings. The standard InChI is InChI=1S/C15H15NO3S2/c1-10(17)11-4-6-12(7-5-11)21(18,19)16-14-9-13(14)15-3-2-8-20-15/h2-8,13-14,16H,9H2,1H3. The van der Waals surface area contributed by atoms with Gasteiger partial charge in [0.1, 0.15) is 0 Å². The zero-order chi connectivity index (χ0) is 15.0. The average molecular weight is 321 g/mol. The third-order valence-corrected chi connectivity index (χ3v) is 6.09. The van der Waals surface area contributed by atoms with Crippen LogP contribution in [-0.4, -0.2) is 20.2 Å². The molecule has 21 heavy (non-hydrogen) atoms. The zero-order valence-corrected chi connectivity index (χ0v) is 13.1. The van der Waals surface area contributed by atoms with E-state index >= 15 is 0 Å². The van der Waals surface area contributed by atoms with Crippen LogP contribution in [0.4, 0.5) is 0 Å². The van der Waals surface area contributed by atoms with Crippen molar-refractivity contribution in [2.24, 2.45) is 0 Å². The molecule has 0 amide bonds. The average Bonchev–Trinajstić information content (AvgIpc) is 2.99. The molecule has 6 heteroatoms. The molecule has 0 aliphatic heterocycles. The van der Waals surface area contributed by atoms with E-state index in [4.69, 9.17) is 0 Å². The van der Waals surface area contributed by atoms with Crippen molar-refractivity contribution in [2.45, 2.75) is 30.2 Å². The van der Waals surface area contributed by atoms with Crippen molar-refractivity contribution in [3.63, 3.8) is 0 Å². The summed E-state index contributed by atoms with van der Waals surface area (Å²) in [6.07, 6.45) is 0.839. The number of benzene rings is 1. The smallest absolute Gasteiger partial charge is 0.240 e. The van der Waals surface area contributed by atoms with E-state index in [0.717, 1.165) is 6.42 Å². The van der Waals surface area contributed by atoms with Gasteiger partial charge >= 0.3 is 0 Å². The minimum atomic E-state index is -3.52. The molecule has 1 heterocycles. The predicted molar refractivity (Wildman–Crippen MR) is 82.2 cm³/mol. The number of thiophene rings is 1. The van der Waals surface area contributed by atoms with Crippen molar-refractivity contribution in [3.05, 3.63) is 52.2 Å². The van der Waals surface area contributed by atoms with Crippen LogP contribution in [0.25, 0.3) is 0 Å². The first-order chi connectivity index (χ1) is 9.97. The van der Waals surface area contributed by atoms with Gasteiger partial charge in [0.05, 0.1) is 4.90 Å². The predicted octanol–water partition coefficient (Wildman–Crippen LogP) is 2.79. The summed E-state index contributed by atoms with van der Waals surface area (Å²) < 4.78 is 27.3. The SMILES string of the molecule is CC(=O)c1ccc(S(=O)(=O)NC2CC2c2cccs2)cc1. The molecule has 110 valence electrons. The number of sulfonamides is 1. The summed E-state index contributed by atoms with van der Waals surface area (Å²) in [4.78, 5) is 12.6. The van der Waals surface area contributed by atoms with E-state index in [9.17, 15) is 13.2 Å². The second kappa shape index (κ2) is 5.36. The molecular formula is C15H15NO3S2. The van der Waals surface area contributed by atoms with Crippen molar-refractivity contribution in [1.82, 2.24) is 4.72 Å². The molecule has 0 bridgehead atoms. The third-order valence-electron chi connectivity index (χ3n) is 3.58. The van der Waals surface area contributed by atoms with Crippen LogP contribution in [0.5, 0.6) is 0 Å². The minimum absolute atomic E-state index is 0.0267. The van der Waals surface area contributed by atoms with Crippen molar-refractivity contribution in [1.29, 1.82) is 0 Å². The molecular weight excluding hydrogens is 306 g/mol. The quantitative estimate of drug-likeness (QED) is 0.861. The van der Waals surface area contributed by atoms with Gasteiger partial charge in [0.15, 0.2) is 5.78 Å². The Morgan fingerprint density at radius 2 is 1.95 bits per heavy atom. The highest BCUT2D eigenvalue weighted by molar-refractivity contribution is 7.89. The van der Waals surface area contributed by atoms with Gasteiger partial charge in [-0.15, -0.1) is 11.3 Å². The van der Waals surface area contributed by atoms with Gasteiger partial charge in [-0.25, -0.2) is 13.1 Å². The van der Waals surface area contributed by atoms with Crippen LogP contribution in [0.2, 0.25) is 0 Å². The lowest BCUT2D eigenvalue weighted by atomic mass is 10.2. The van der Waals surface area contributed by atoms with Gasteiger partial charge in [0.2, 0.25) is 10.0 Å². The number of Topliss-reactive ketones (excluding diaryl/α,β-unsaturated/α-hetero) is 1. The van der Waals surface area contributed by atoms with Crippen molar-refractivity contribution >= 4 is 27.1 Å². The number of carbonyl (C=O) groups excluding carboxylic acids is 1. The minimum Gasteiger partial charge on any atom is -0.295 e. The van der Waals surface area contributed by atoms with Gasteiger partial charge in [0.25, 0.3) is 0 Å². The van der Waals surface area contributed by atoms with Gasteiger partial charge in [-0.2, -0.15) is 0 Å². The zero-order valence-electron chi connectivity index (χ0n) is 11.4. The Bertz CT molecular complexity index is 749. The molecule has 0 spiro atoms. The number of carbonyl (C=O) groups is 1. The number of hydrogen-bond donors (Lipinski definition) is 1. The fourth-order valence-electron chi connectivity index (χ4n) is 2.28. The molecule has 0 saturated heterocycles. The van der Waals surface area contributed by atoms with Crippen LogP contribution in [0.15, 0.2) is 46.7 Å². The topological polar surface area (TPSA) is 63.2 Å². The van der Waals surface area contributed by atoms with Gasteiger partial charge < -0.3 is 0 Å². The molecule has 2 unspecified atom stereocenters. The van der Waals surface area contributed by atoms with E-state index in [0.29, 0.717) is 5.56 Å². The molecule has 4 nitrogen and oxygen atoms in total. The first-order valence-corrected chi connectivity index (χ1v) is 9.00. The number of ketones is 1. The summed E-state index contributed by atoms with van der Waals surface area (Å²) in [6, 6.07) is 10.0. The summed E-state index contributed by atoms with van der Waals surface area (Å²) in [6.45, 7) is 1.46. The van der Waals surface area contributed by atoms with E-state index in [-0.39, 0.29) is 22.6 Å². The molecule has 3 rings (SSSR count). The molecule has 1 N–H and O–H groups in total. The Hall–Kier alpha value is -1.50. The summed E-state index contributed by atoms with van der Waals surface area (Å²) >= 11 is 1.65. The molecule has 1 fully saturated rings. The van der Waals surface area contributed by atoms with E-state index in [1.165, 1.54) is 23.9 Å².